The molecule has 0 bridgehead atoms. The fraction of sp³-hybridized carbons (Fsp3) is 0.417. The number of benzene rings is 1. The Morgan fingerprint density at radius 2 is 2.00 bits per heavy atom. The lowest BCUT2D eigenvalue weighted by molar-refractivity contribution is -0.143. The number of carbonyl (C=O) groups is 1. The van der Waals surface area contributed by atoms with Gasteiger partial charge in [0.05, 0.1) is 6.61 Å². The highest BCUT2D eigenvalue weighted by molar-refractivity contribution is 5.69. The molecule has 1 aromatic rings. The van der Waals surface area contributed by atoms with E-state index in [0.29, 0.717) is 19.4 Å². The molecule has 0 fully saturated rings. The quantitative estimate of drug-likeness (QED) is 0.755. The summed E-state index contributed by atoms with van der Waals surface area (Å²) in [5, 5.41) is 9.06. The third-order valence-electron chi connectivity index (χ3n) is 2.02. The molecule has 0 spiro atoms. The number of carbonyl (C=O) groups excluding carboxylic acids is 1. The first-order valence-electron chi connectivity index (χ1n) is 5.16. The maximum atomic E-state index is 11.2. The van der Waals surface area contributed by atoms with E-state index in [4.69, 9.17) is 9.84 Å². The third kappa shape index (κ3) is 4.49. The number of esters is 1. The number of phenolic OH excluding ortho intramolecular Hbond substituents is 1. The zero-order chi connectivity index (χ0) is 11.1. The van der Waals surface area contributed by atoms with Crippen LogP contribution in [0.15, 0.2) is 24.3 Å². The van der Waals surface area contributed by atoms with Gasteiger partial charge in [-0.1, -0.05) is 19.1 Å². The molecule has 0 saturated carbocycles. The highest BCUT2D eigenvalue weighted by Gasteiger charge is 2.02. The molecule has 0 heterocycles. The Hall–Kier alpha value is -1.51. The van der Waals surface area contributed by atoms with Crippen molar-refractivity contribution in [1.29, 1.82) is 0 Å². The number of aryl methyl sites for hydroxylation is 1. The van der Waals surface area contributed by atoms with Gasteiger partial charge in [-0.25, -0.2) is 0 Å². The summed E-state index contributed by atoms with van der Waals surface area (Å²) in [5.74, 6) is 0.0808. The standard InChI is InChI=1S/C12H16O3/c1-2-9-15-12(14)8-5-10-3-6-11(13)7-4-10/h3-4,6-7,13H,2,5,8-9H2,1H3. The Balaban J connectivity index is 2.30. The van der Waals surface area contributed by atoms with Gasteiger partial charge in [-0.3, -0.25) is 4.79 Å². The van der Waals surface area contributed by atoms with Gasteiger partial charge in [0.2, 0.25) is 0 Å². The highest BCUT2D eigenvalue weighted by atomic mass is 16.5. The first kappa shape index (κ1) is 11.6. The van der Waals surface area contributed by atoms with E-state index in [0.717, 1.165) is 12.0 Å². The van der Waals surface area contributed by atoms with E-state index in [1.807, 2.05) is 19.1 Å². The van der Waals surface area contributed by atoms with Crippen LogP contribution < -0.4 is 0 Å². The Labute approximate surface area is 89.7 Å². The molecule has 0 aromatic heterocycles. The molecule has 0 amide bonds. The molecule has 82 valence electrons. The Kier molecular flexibility index (Phi) is 4.68. The normalized spacial score (nSPS) is 9.93. The predicted molar refractivity (Wildman–Crippen MR) is 57.7 cm³/mol. The molecule has 0 aliphatic carbocycles. The van der Waals surface area contributed by atoms with Crippen molar-refractivity contribution in [1.82, 2.24) is 0 Å². The average molecular weight is 208 g/mol. The second kappa shape index (κ2) is 6.06. The first-order chi connectivity index (χ1) is 7.22. The largest absolute Gasteiger partial charge is 0.508 e. The predicted octanol–water partition coefficient (Wildman–Crippen LogP) is 2.28. The minimum absolute atomic E-state index is 0.162. The fourth-order valence-electron chi connectivity index (χ4n) is 1.20. The molecule has 0 saturated heterocycles. The van der Waals surface area contributed by atoms with E-state index in [1.54, 1.807) is 12.1 Å². The second-order valence-corrected chi connectivity index (χ2v) is 3.39. The van der Waals surface area contributed by atoms with Crippen molar-refractivity contribution in [2.24, 2.45) is 0 Å². The molecule has 0 aliphatic rings. The summed E-state index contributed by atoms with van der Waals surface area (Å²) in [7, 11) is 0. The smallest absolute Gasteiger partial charge is 0.306 e. The van der Waals surface area contributed by atoms with Crippen molar-refractivity contribution in [3.05, 3.63) is 29.8 Å². The molecule has 1 aromatic carbocycles. The number of ether oxygens (including phenoxy) is 1. The molecule has 0 radical (unpaired) electrons. The molecule has 1 N–H and O–H groups in total. The summed E-state index contributed by atoms with van der Waals surface area (Å²) in [5.41, 5.74) is 1.03. The van der Waals surface area contributed by atoms with Gasteiger partial charge in [0.15, 0.2) is 0 Å². The van der Waals surface area contributed by atoms with Crippen molar-refractivity contribution >= 4 is 5.97 Å². The van der Waals surface area contributed by atoms with Gasteiger partial charge in [-0.2, -0.15) is 0 Å². The van der Waals surface area contributed by atoms with Crippen LogP contribution in [0.25, 0.3) is 0 Å². The molecular formula is C12H16O3. The van der Waals surface area contributed by atoms with Crippen LogP contribution in [0, 0.1) is 0 Å². The maximum Gasteiger partial charge on any atom is 0.306 e. The molecule has 3 heteroatoms. The number of hydrogen-bond acceptors (Lipinski definition) is 3. The summed E-state index contributed by atoms with van der Waals surface area (Å²) in [6, 6.07) is 6.85. The second-order valence-electron chi connectivity index (χ2n) is 3.39. The van der Waals surface area contributed by atoms with Gasteiger partial charge >= 0.3 is 5.97 Å². The van der Waals surface area contributed by atoms with Gasteiger partial charge in [-0.05, 0) is 30.5 Å². The molecule has 0 unspecified atom stereocenters. The van der Waals surface area contributed by atoms with Gasteiger partial charge < -0.3 is 9.84 Å². The summed E-state index contributed by atoms with van der Waals surface area (Å²) in [6.45, 7) is 2.46. The minimum atomic E-state index is -0.162. The monoisotopic (exact) mass is 208 g/mol. The molecule has 15 heavy (non-hydrogen) atoms. The fourth-order valence-corrected chi connectivity index (χ4v) is 1.20. The van der Waals surface area contributed by atoms with Gasteiger partial charge in [-0.15, -0.1) is 0 Å². The van der Waals surface area contributed by atoms with Gasteiger partial charge in [0, 0.05) is 6.42 Å². The lowest BCUT2D eigenvalue weighted by Gasteiger charge is -2.03. The molecular weight excluding hydrogens is 192 g/mol. The molecule has 3 nitrogen and oxygen atoms in total. The maximum absolute atomic E-state index is 11.2. The van der Waals surface area contributed by atoms with Crippen molar-refractivity contribution in [3.8, 4) is 5.75 Å². The first-order valence-corrected chi connectivity index (χ1v) is 5.16. The van der Waals surface area contributed by atoms with Crippen LogP contribution in [0.3, 0.4) is 0 Å². The van der Waals surface area contributed by atoms with Gasteiger partial charge in [0.1, 0.15) is 5.75 Å². The Bertz CT molecular complexity index is 303. The topological polar surface area (TPSA) is 46.5 Å². The van der Waals surface area contributed by atoms with E-state index >= 15 is 0 Å². The summed E-state index contributed by atoms with van der Waals surface area (Å²) in [4.78, 5) is 11.2. The lowest BCUT2D eigenvalue weighted by atomic mass is 10.1. The van der Waals surface area contributed by atoms with Crippen LogP contribution in [0.5, 0.6) is 5.75 Å². The van der Waals surface area contributed by atoms with Gasteiger partial charge in [0.25, 0.3) is 0 Å². The van der Waals surface area contributed by atoms with E-state index in [9.17, 15) is 4.79 Å². The SMILES string of the molecule is CCCOC(=O)CCc1ccc(O)cc1. The molecule has 0 aliphatic heterocycles. The van der Waals surface area contributed by atoms with Crippen LogP contribution >= 0.6 is 0 Å². The zero-order valence-electron chi connectivity index (χ0n) is 8.90. The summed E-state index contributed by atoms with van der Waals surface area (Å²) >= 11 is 0. The van der Waals surface area contributed by atoms with Crippen molar-refractivity contribution < 1.29 is 14.6 Å². The third-order valence-corrected chi connectivity index (χ3v) is 2.02. The van der Waals surface area contributed by atoms with E-state index in [1.165, 1.54) is 0 Å². The van der Waals surface area contributed by atoms with Crippen LogP contribution in [-0.2, 0) is 16.0 Å². The Morgan fingerprint density at radius 1 is 1.33 bits per heavy atom. The molecule has 1 rings (SSSR count). The number of phenols is 1. The van der Waals surface area contributed by atoms with Crippen LogP contribution in [-0.4, -0.2) is 17.7 Å². The van der Waals surface area contributed by atoms with Crippen LogP contribution in [0.1, 0.15) is 25.3 Å². The number of hydrogen-bond donors (Lipinski definition) is 1. The average Bonchev–Trinajstić information content (AvgIpc) is 2.25. The number of rotatable bonds is 5. The molecule has 0 atom stereocenters. The van der Waals surface area contributed by atoms with Crippen molar-refractivity contribution in [3.63, 3.8) is 0 Å². The highest BCUT2D eigenvalue weighted by Crippen LogP contribution is 2.11. The van der Waals surface area contributed by atoms with E-state index < -0.39 is 0 Å². The number of aromatic hydroxyl groups is 1. The van der Waals surface area contributed by atoms with Crippen LogP contribution in [0.2, 0.25) is 0 Å². The minimum Gasteiger partial charge on any atom is -0.508 e. The van der Waals surface area contributed by atoms with E-state index in [-0.39, 0.29) is 11.7 Å². The van der Waals surface area contributed by atoms with Crippen LogP contribution in [0.4, 0.5) is 0 Å². The lowest BCUT2D eigenvalue weighted by Crippen LogP contribution is -2.06. The van der Waals surface area contributed by atoms with Crippen molar-refractivity contribution in [2.75, 3.05) is 6.61 Å². The zero-order valence-corrected chi connectivity index (χ0v) is 8.90. The Morgan fingerprint density at radius 3 is 2.60 bits per heavy atom. The van der Waals surface area contributed by atoms with E-state index in [2.05, 4.69) is 0 Å². The van der Waals surface area contributed by atoms with Crippen molar-refractivity contribution in [2.45, 2.75) is 26.2 Å². The summed E-state index contributed by atoms with van der Waals surface area (Å²) in [6.07, 6.45) is 1.90. The summed E-state index contributed by atoms with van der Waals surface area (Å²) < 4.78 is 4.95.